The van der Waals surface area contributed by atoms with Crippen LogP contribution in [0.3, 0.4) is 0 Å². The monoisotopic (exact) mass is 410 g/mol. The van der Waals surface area contributed by atoms with Gasteiger partial charge >= 0.3 is 5.91 Å². The molecule has 3 aromatic rings. The van der Waals surface area contributed by atoms with Crippen LogP contribution in [-0.4, -0.2) is 44.6 Å². The van der Waals surface area contributed by atoms with Gasteiger partial charge in [0.2, 0.25) is 0 Å². The fraction of sp³-hybridized carbons (Fsp3) is 0.333. The molecule has 0 bridgehead atoms. The van der Waals surface area contributed by atoms with Gasteiger partial charge in [-0.1, -0.05) is 13.8 Å². The van der Waals surface area contributed by atoms with Gasteiger partial charge in [0.05, 0.1) is 17.8 Å². The molecule has 3 heterocycles. The van der Waals surface area contributed by atoms with Crippen molar-refractivity contribution < 1.29 is 14.0 Å². The second kappa shape index (κ2) is 9.36. The molecule has 0 aliphatic rings. The highest BCUT2D eigenvalue weighted by atomic mass is 16.4. The first-order valence-corrected chi connectivity index (χ1v) is 9.82. The van der Waals surface area contributed by atoms with Crippen molar-refractivity contribution in [3.8, 4) is 5.82 Å². The van der Waals surface area contributed by atoms with E-state index in [9.17, 15) is 9.59 Å². The Morgan fingerprint density at radius 1 is 1.07 bits per heavy atom. The average Bonchev–Trinajstić information content (AvgIpc) is 3.35. The van der Waals surface area contributed by atoms with Crippen LogP contribution >= 0.6 is 0 Å². The SMILES string of the molecule is CCN(CC)Cc1ccc(C(=O)NNC(=O)c2ccc(-n3nc(C)cc3C)nc2)o1. The Hall–Kier alpha value is -3.46. The number of hydrogen-bond donors (Lipinski definition) is 2. The van der Waals surface area contributed by atoms with Crippen molar-refractivity contribution in [2.45, 2.75) is 34.2 Å². The third-order valence-corrected chi connectivity index (χ3v) is 4.69. The summed E-state index contributed by atoms with van der Waals surface area (Å²) in [5, 5.41) is 4.36. The minimum Gasteiger partial charge on any atom is -0.454 e. The molecular formula is C21H26N6O3. The quantitative estimate of drug-likeness (QED) is 0.580. The van der Waals surface area contributed by atoms with Gasteiger partial charge in [-0.15, -0.1) is 0 Å². The van der Waals surface area contributed by atoms with Crippen LogP contribution < -0.4 is 10.9 Å². The van der Waals surface area contributed by atoms with Gasteiger partial charge in [0.15, 0.2) is 11.6 Å². The number of aryl methyl sites for hydroxylation is 2. The number of aromatic nitrogens is 3. The van der Waals surface area contributed by atoms with E-state index in [4.69, 9.17) is 4.42 Å². The summed E-state index contributed by atoms with van der Waals surface area (Å²) in [4.78, 5) is 31.0. The first-order chi connectivity index (χ1) is 14.4. The standard InChI is InChI=1S/C21H26N6O3/c1-5-26(6-2)13-17-8-9-18(30-17)21(29)24-23-20(28)16-7-10-19(22-12-16)27-15(4)11-14(3)25-27/h7-12H,5-6,13H2,1-4H3,(H,23,28)(H,24,29). The molecule has 158 valence electrons. The van der Waals surface area contributed by atoms with Gasteiger partial charge in [-0.2, -0.15) is 5.10 Å². The summed E-state index contributed by atoms with van der Waals surface area (Å²) in [6, 6.07) is 8.61. The number of carbonyl (C=O) groups excluding carboxylic acids is 2. The molecule has 0 aromatic carbocycles. The second-order valence-corrected chi connectivity index (χ2v) is 6.88. The van der Waals surface area contributed by atoms with Crippen LogP contribution in [-0.2, 0) is 6.54 Å². The zero-order chi connectivity index (χ0) is 21.7. The van der Waals surface area contributed by atoms with Gasteiger partial charge in [0.25, 0.3) is 5.91 Å². The molecule has 0 aliphatic heterocycles. The van der Waals surface area contributed by atoms with Crippen LogP contribution in [0.25, 0.3) is 5.82 Å². The van der Waals surface area contributed by atoms with Crippen LogP contribution in [0.5, 0.6) is 0 Å². The van der Waals surface area contributed by atoms with Crippen LogP contribution in [0.2, 0.25) is 0 Å². The van der Waals surface area contributed by atoms with Crippen LogP contribution in [0.4, 0.5) is 0 Å². The Morgan fingerprint density at radius 2 is 1.80 bits per heavy atom. The zero-order valence-electron chi connectivity index (χ0n) is 17.6. The van der Waals surface area contributed by atoms with Gasteiger partial charge in [-0.05, 0) is 57.3 Å². The topological polar surface area (TPSA) is 105 Å². The molecule has 0 fully saturated rings. The number of pyridine rings is 1. The zero-order valence-corrected chi connectivity index (χ0v) is 17.6. The summed E-state index contributed by atoms with van der Waals surface area (Å²) in [5.41, 5.74) is 6.87. The maximum absolute atomic E-state index is 12.3. The van der Waals surface area contributed by atoms with E-state index in [1.807, 2.05) is 19.9 Å². The number of carbonyl (C=O) groups is 2. The van der Waals surface area contributed by atoms with Gasteiger partial charge in [-0.25, -0.2) is 9.67 Å². The highest BCUT2D eigenvalue weighted by molar-refractivity contribution is 5.97. The van der Waals surface area contributed by atoms with Crippen LogP contribution in [0, 0.1) is 13.8 Å². The van der Waals surface area contributed by atoms with Crippen molar-refractivity contribution in [2.24, 2.45) is 0 Å². The fourth-order valence-electron chi connectivity index (χ4n) is 3.01. The first-order valence-electron chi connectivity index (χ1n) is 9.82. The molecule has 9 nitrogen and oxygen atoms in total. The summed E-state index contributed by atoms with van der Waals surface area (Å²) in [7, 11) is 0. The lowest BCUT2D eigenvalue weighted by atomic mass is 10.2. The summed E-state index contributed by atoms with van der Waals surface area (Å²) < 4.78 is 7.27. The molecule has 3 rings (SSSR count). The molecule has 2 N–H and O–H groups in total. The van der Waals surface area contributed by atoms with E-state index in [1.165, 1.54) is 6.20 Å². The summed E-state index contributed by atoms with van der Waals surface area (Å²) >= 11 is 0. The third kappa shape index (κ3) is 4.93. The van der Waals surface area contributed by atoms with Crippen molar-refractivity contribution in [3.63, 3.8) is 0 Å². The van der Waals surface area contributed by atoms with E-state index >= 15 is 0 Å². The predicted molar refractivity (Wildman–Crippen MR) is 111 cm³/mol. The molecule has 0 aliphatic carbocycles. The molecule has 0 atom stereocenters. The molecule has 9 heteroatoms. The molecule has 0 saturated heterocycles. The number of amides is 2. The maximum Gasteiger partial charge on any atom is 0.305 e. The summed E-state index contributed by atoms with van der Waals surface area (Å²) in [5.74, 6) is 0.430. The number of nitrogens with one attached hydrogen (secondary N) is 2. The van der Waals surface area contributed by atoms with Crippen molar-refractivity contribution in [2.75, 3.05) is 13.1 Å². The lowest BCUT2D eigenvalue weighted by molar-refractivity contribution is 0.0828. The predicted octanol–water partition coefficient (Wildman–Crippen LogP) is 2.39. The summed E-state index contributed by atoms with van der Waals surface area (Å²) in [6.45, 7) is 10.4. The van der Waals surface area contributed by atoms with Crippen molar-refractivity contribution in [1.82, 2.24) is 30.5 Å². The Labute approximate surface area is 175 Å². The Kier molecular flexibility index (Phi) is 6.63. The Morgan fingerprint density at radius 3 is 2.40 bits per heavy atom. The van der Waals surface area contributed by atoms with E-state index in [-0.39, 0.29) is 5.76 Å². The summed E-state index contributed by atoms with van der Waals surface area (Å²) in [6.07, 6.45) is 1.43. The molecule has 0 radical (unpaired) electrons. The number of hydrogen-bond acceptors (Lipinski definition) is 6. The van der Waals surface area contributed by atoms with E-state index < -0.39 is 11.8 Å². The molecular weight excluding hydrogens is 384 g/mol. The molecule has 2 amide bonds. The largest absolute Gasteiger partial charge is 0.454 e. The van der Waals surface area contributed by atoms with Crippen LogP contribution in [0.1, 0.15) is 51.9 Å². The number of rotatable bonds is 7. The third-order valence-electron chi connectivity index (χ3n) is 4.69. The van der Waals surface area contributed by atoms with Crippen molar-refractivity contribution in [3.05, 3.63) is 65.0 Å². The fourth-order valence-corrected chi connectivity index (χ4v) is 3.01. The second-order valence-electron chi connectivity index (χ2n) is 6.88. The number of hydrazine groups is 1. The van der Waals surface area contributed by atoms with E-state index in [2.05, 4.69) is 39.7 Å². The van der Waals surface area contributed by atoms with Crippen LogP contribution in [0.15, 0.2) is 40.9 Å². The Bertz CT molecular complexity index is 1020. The highest BCUT2D eigenvalue weighted by Crippen LogP contribution is 2.11. The minimum absolute atomic E-state index is 0.135. The molecule has 30 heavy (non-hydrogen) atoms. The normalized spacial score (nSPS) is 11.0. The van der Waals surface area contributed by atoms with E-state index in [1.54, 1.807) is 28.9 Å². The Balaban J connectivity index is 1.57. The van der Waals surface area contributed by atoms with E-state index in [0.717, 1.165) is 24.5 Å². The first kappa shape index (κ1) is 21.3. The van der Waals surface area contributed by atoms with E-state index in [0.29, 0.717) is 23.7 Å². The number of furan rings is 1. The average molecular weight is 410 g/mol. The van der Waals surface area contributed by atoms with Crippen molar-refractivity contribution in [1.29, 1.82) is 0 Å². The molecule has 0 saturated carbocycles. The lowest BCUT2D eigenvalue weighted by Gasteiger charge is -2.15. The molecule has 0 unspecified atom stereocenters. The molecule has 3 aromatic heterocycles. The smallest absolute Gasteiger partial charge is 0.305 e. The van der Waals surface area contributed by atoms with Crippen molar-refractivity contribution >= 4 is 11.8 Å². The minimum atomic E-state index is -0.527. The van der Waals surface area contributed by atoms with Gasteiger partial charge in [0.1, 0.15) is 5.76 Å². The van der Waals surface area contributed by atoms with Gasteiger partial charge in [0, 0.05) is 11.9 Å². The van der Waals surface area contributed by atoms with Gasteiger partial charge in [-0.3, -0.25) is 25.3 Å². The maximum atomic E-state index is 12.3. The number of nitrogens with zero attached hydrogens (tertiary/aromatic N) is 4. The lowest BCUT2D eigenvalue weighted by Crippen LogP contribution is -2.41. The highest BCUT2D eigenvalue weighted by Gasteiger charge is 2.15. The van der Waals surface area contributed by atoms with Gasteiger partial charge < -0.3 is 4.42 Å². The molecule has 0 spiro atoms.